The lowest BCUT2D eigenvalue weighted by molar-refractivity contribution is 0.0956. The summed E-state index contributed by atoms with van der Waals surface area (Å²) < 4.78 is 24.4. The second-order valence-corrected chi connectivity index (χ2v) is 5.52. The Bertz CT molecular complexity index is 575. The molecule has 2 N–H and O–H groups in total. The fraction of sp³-hybridized carbons (Fsp3) is 0.273. The first-order valence-electron chi connectivity index (χ1n) is 5.18. The third kappa shape index (κ3) is 4.16. The normalized spacial score (nSPS) is 10.7. The van der Waals surface area contributed by atoms with Crippen molar-refractivity contribution in [3.63, 3.8) is 0 Å². The lowest BCUT2D eigenvalue weighted by atomic mass is 10.1. The van der Waals surface area contributed by atoms with Crippen LogP contribution in [0.2, 0.25) is 0 Å². The van der Waals surface area contributed by atoms with E-state index < -0.39 is 15.9 Å². The van der Waals surface area contributed by atoms with Crippen LogP contribution in [-0.2, 0) is 10.0 Å². The highest BCUT2D eigenvalue weighted by Gasteiger charge is 2.09. The summed E-state index contributed by atoms with van der Waals surface area (Å²) in [4.78, 5) is 11.7. The monoisotopic (exact) mass is 267 g/mol. The van der Waals surface area contributed by atoms with Crippen molar-refractivity contribution in [2.75, 3.05) is 19.3 Å². The molecule has 0 bridgehead atoms. The van der Waals surface area contributed by atoms with Gasteiger partial charge in [0.05, 0.1) is 17.4 Å². The summed E-state index contributed by atoms with van der Waals surface area (Å²) in [5.74, 6) is -0.592. The molecular formula is C11H13N3O3S. The Balaban J connectivity index is 2.59. The van der Waals surface area contributed by atoms with Gasteiger partial charge in [0.25, 0.3) is 5.91 Å². The summed E-state index contributed by atoms with van der Waals surface area (Å²) in [6, 6.07) is 8.11. The maximum atomic E-state index is 11.7. The Morgan fingerprint density at radius 3 is 2.78 bits per heavy atom. The number of amides is 1. The van der Waals surface area contributed by atoms with Crippen LogP contribution in [0.15, 0.2) is 24.3 Å². The van der Waals surface area contributed by atoms with E-state index in [4.69, 9.17) is 5.26 Å². The maximum Gasteiger partial charge on any atom is 0.251 e. The quantitative estimate of drug-likeness (QED) is 0.774. The standard InChI is InChI=1S/C11H13N3O3S/c1-13-18(16,17)6-5-14-11(15)10-4-2-3-9(7-10)8-12/h2-4,7,13H,5-6H2,1H3,(H,14,15). The van der Waals surface area contributed by atoms with E-state index in [0.717, 1.165) is 0 Å². The SMILES string of the molecule is CNS(=O)(=O)CCNC(=O)c1cccc(C#N)c1. The number of nitrogens with one attached hydrogen (secondary N) is 2. The van der Waals surface area contributed by atoms with Crippen molar-refractivity contribution in [3.05, 3.63) is 35.4 Å². The molecule has 18 heavy (non-hydrogen) atoms. The average molecular weight is 267 g/mol. The number of rotatable bonds is 5. The second kappa shape index (κ2) is 6.14. The summed E-state index contributed by atoms with van der Waals surface area (Å²) in [5.41, 5.74) is 0.710. The van der Waals surface area contributed by atoms with E-state index in [0.29, 0.717) is 11.1 Å². The molecule has 0 spiro atoms. The Hall–Kier alpha value is -1.91. The zero-order valence-corrected chi connectivity index (χ0v) is 10.6. The number of carbonyl (C=O) groups excluding carboxylic acids is 1. The molecule has 7 heteroatoms. The maximum absolute atomic E-state index is 11.7. The van der Waals surface area contributed by atoms with E-state index in [9.17, 15) is 13.2 Å². The van der Waals surface area contributed by atoms with E-state index in [1.807, 2.05) is 6.07 Å². The Morgan fingerprint density at radius 1 is 1.44 bits per heavy atom. The number of benzene rings is 1. The summed E-state index contributed by atoms with van der Waals surface area (Å²) in [7, 11) is -2.01. The van der Waals surface area contributed by atoms with Gasteiger partial charge in [0, 0.05) is 12.1 Å². The van der Waals surface area contributed by atoms with Crippen LogP contribution < -0.4 is 10.0 Å². The van der Waals surface area contributed by atoms with E-state index in [2.05, 4.69) is 10.0 Å². The molecule has 0 heterocycles. The number of hydrogen-bond donors (Lipinski definition) is 2. The molecule has 0 aliphatic heterocycles. The fourth-order valence-electron chi connectivity index (χ4n) is 1.23. The van der Waals surface area contributed by atoms with Crippen molar-refractivity contribution < 1.29 is 13.2 Å². The van der Waals surface area contributed by atoms with Crippen LogP contribution in [0.4, 0.5) is 0 Å². The minimum atomic E-state index is -3.33. The predicted molar refractivity (Wildman–Crippen MR) is 66.3 cm³/mol. The molecule has 0 aliphatic carbocycles. The van der Waals surface area contributed by atoms with E-state index in [-0.39, 0.29) is 12.3 Å². The third-order valence-electron chi connectivity index (χ3n) is 2.22. The Morgan fingerprint density at radius 2 is 2.17 bits per heavy atom. The van der Waals surface area contributed by atoms with Gasteiger partial charge < -0.3 is 5.32 Å². The number of nitrogens with zero attached hydrogens (tertiary/aromatic N) is 1. The van der Waals surface area contributed by atoms with E-state index >= 15 is 0 Å². The number of carbonyl (C=O) groups is 1. The third-order valence-corrected chi connectivity index (χ3v) is 3.58. The van der Waals surface area contributed by atoms with Crippen molar-refractivity contribution in [2.45, 2.75) is 0 Å². The first kappa shape index (κ1) is 14.2. The largest absolute Gasteiger partial charge is 0.351 e. The molecule has 1 aromatic rings. The van der Waals surface area contributed by atoms with Crippen LogP contribution in [-0.4, -0.2) is 33.7 Å². The molecule has 1 rings (SSSR count). The molecule has 1 aromatic carbocycles. The molecule has 0 atom stereocenters. The van der Waals surface area contributed by atoms with Crippen molar-refractivity contribution >= 4 is 15.9 Å². The van der Waals surface area contributed by atoms with Gasteiger partial charge in [-0.15, -0.1) is 0 Å². The minimum Gasteiger partial charge on any atom is -0.351 e. The van der Waals surface area contributed by atoms with E-state index in [1.165, 1.54) is 13.1 Å². The molecule has 0 saturated heterocycles. The molecule has 0 aliphatic rings. The molecule has 0 unspecified atom stereocenters. The first-order chi connectivity index (χ1) is 8.48. The van der Waals surface area contributed by atoms with Gasteiger partial charge in [0.2, 0.25) is 10.0 Å². The highest BCUT2D eigenvalue weighted by Crippen LogP contribution is 2.03. The first-order valence-corrected chi connectivity index (χ1v) is 6.83. The van der Waals surface area contributed by atoms with Crippen LogP contribution in [0.25, 0.3) is 0 Å². The van der Waals surface area contributed by atoms with Crippen LogP contribution in [0.3, 0.4) is 0 Å². The van der Waals surface area contributed by atoms with Gasteiger partial charge in [0.15, 0.2) is 0 Å². The zero-order valence-electron chi connectivity index (χ0n) is 9.80. The zero-order chi connectivity index (χ0) is 13.6. The molecule has 0 aromatic heterocycles. The molecule has 0 radical (unpaired) electrons. The topological polar surface area (TPSA) is 99.1 Å². The van der Waals surface area contributed by atoms with Crippen molar-refractivity contribution in [3.8, 4) is 6.07 Å². The number of hydrogen-bond acceptors (Lipinski definition) is 4. The predicted octanol–water partition coefficient (Wildman–Crippen LogP) is -0.163. The lowest BCUT2D eigenvalue weighted by Gasteiger charge is -2.05. The van der Waals surface area contributed by atoms with Gasteiger partial charge in [-0.1, -0.05) is 6.07 Å². The second-order valence-electron chi connectivity index (χ2n) is 3.47. The smallest absolute Gasteiger partial charge is 0.251 e. The average Bonchev–Trinajstić information content (AvgIpc) is 2.38. The molecule has 6 nitrogen and oxygen atoms in total. The highest BCUT2D eigenvalue weighted by atomic mass is 32.2. The molecule has 0 saturated carbocycles. The van der Waals surface area contributed by atoms with E-state index in [1.54, 1.807) is 18.2 Å². The van der Waals surface area contributed by atoms with Gasteiger partial charge in [0.1, 0.15) is 0 Å². The number of nitriles is 1. The van der Waals surface area contributed by atoms with Crippen LogP contribution in [0.1, 0.15) is 15.9 Å². The summed E-state index contributed by atoms with van der Waals surface area (Å²) in [6.45, 7) is 0.0127. The molecule has 0 fully saturated rings. The van der Waals surface area contributed by atoms with Crippen LogP contribution in [0.5, 0.6) is 0 Å². The van der Waals surface area contributed by atoms with Crippen molar-refractivity contribution in [2.24, 2.45) is 0 Å². The summed E-state index contributed by atoms with van der Waals surface area (Å²) in [5, 5.41) is 11.2. The van der Waals surface area contributed by atoms with Gasteiger partial charge >= 0.3 is 0 Å². The fourth-order valence-corrected chi connectivity index (χ4v) is 1.81. The minimum absolute atomic E-state index is 0.0127. The Kier molecular flexibility index (Phi) is 4.83. The van der Waals surface area contributed by atoms with Gasteiger partial charge in [-0.2, -0.15) is 5.26 Å². The Labute approximate surface area is 106 Å². The molecule has 1 amide bonds. The van der Waals surface area contributed by atoms with Gasteiger partial charge in [-0.3, -0.25) is 4.79 Å². The summed E-state index contributed by atoms with van der Waals surface area (Å²) >= 11 is 0. The van der Waals surface area contributed by atoms with Crippen molar-refractivity contribution in [1.82, 2.24) is 10.0 Å². The van der Waals surface area contributed by atoms with Gasteiger partial charge in [-0.05, 0) is 25.2 Å². The van der Waals surface area contributed by atoms with Crippen LogP contribution in [0, 0.1) is 11.3 Å². The summed E-state index contributed by atoms with van der Waals surface area (Å²) in [6.07, 6.45) is 0. The molecular weight excluding hydrogens is 254 g/mol. The van der Waals surface area contributed by atoms with Crippen LogP contribution >= 0.6 is 0 Å². The molecule has 96 valence electrons. The highest BCUT2D eigenvalue weighted by molar-refractivity contribution is 7.89. The van der Waals surface area contributed by atoms with Crippen molar-refractivity contribution in [1.29, 1.82) is 5.26 Å². The van der Waals surface area contributed by atoms with Gasteiger partial charge in [-0.25, -0.2) is 13.1 Å². The lowest BCUT2D eigenvalue weighted by Crippen LogP contribution is -2.32. The number of sulfonamides is 1.